The maximum Gasteiger partial charge on any atom is 0.137 e. The first kappa shape index (κ1) is 6.92. The van der Waals surface area contributed by atoms with Crippen LogP contribution in [0, 0.1) is 0 Å². The average Bonchev–Trinajstić information content (AvgIpc) is 2.97. The maximum atomic E-state index is 8.31. The van der Waals surface area contributed by atoms with E-state index in [1.54, 1.807) is 0 Å². The molecule has 0 spiro atoms. The highest BCUT2D eigenvalue weighted by atomic mass is 35.5. The highest BCUT2D eigenvalue weighted by molar-refractivity contribution is 6.35. The van der Waals surface area contributed by atoms with Gasteiger partial charge in [-0.3, -0.25) is 4.68 Å². The van der Waals surface area contributed by atoms with Crippen molar-refractivity contribution in [1.29, 1.82) is 0 Å². The second kappa shape index (κ2) is 6.21. The Morgan fingerprint density at radius 3 is 3.06 bits per heavy atom. The molecule has 1 aromatic heterocycles. The van der Waals surface area contributed by atoms with Gasteiger partial charge in [0.2, 0.25) is 0 Å². The third kappa shape index (κ3) is 3.24. The normalized spacial score (nSPS) is 20.7. The molecule has 3 nitrogen and oxygen atoms in total. The lowest BCUT2D eigenvalue weighted by atomic mass is 9.94. The molecule has 0 aliphatic carbocycles. The molecular formula is C13H15Cl2N3. The van der Waals surface area contributed by atoms with Crippen molar-refractivity contribution < 1.29 is 9.60 Å². The predicted octanol–water partition coefficient (Wildman–Crippen LogP) is 4.17. The first-order valence-electron chi connectivity index (χ1n) is 8.65. The highest BCUT2D eigenvalue weighted by Gasteiger charge is 2.15. The zero-order chi connectivity index (χ0) is 19.0. The quantitative estimate of drug-likeness (QED) is 0.827. The average molecular weight is 291 g/mol. The van der Waals surface area contributed by atoms with Gasteiger partial charge in [-0.15, -0.1) is 0 Å². The fourth-order valence-electron chi connectivity index (χ4n) is 1.61. The van der Waals surface area contributed by atoms with Gasteiger partial charge in [-0.05, 0) is 24.1 Å². The fourth-order valence-corrected chi connectivity index (χ4v) is 2.15. The van der Waals surface area contributed by atoms with Crippen molar-refractivity contribution in [2.24, 2.45) is 0 Å². The Morgan fingerprint density at radius 1 is 1.50 bits per heavy atom. The first-order valence-corrected chi connectivity index (χ1v) is 5.91. The summed E-state index contributed by atoms with van der Waals surface area (Å²) in [4.78, 5) is 3.77. The molecule has 0 N–H and O–H groups in total. The molecule has 18 heavy (non-hydrogen) atoms. The van der Waals surface area contributed by atoms with Crippen LogP contribution in [-0.4, -0.2) is 14.8 Å². The van der Waals surface area contributed by atoms with Gasteiger partial charge in [-0.1, -0.05) is 42.5 Å². The molecule has 0 fully saturated rings. The Labute approximate surface area is 127 Å². The van der Waals surface area contributed by atoms with E-state index in [0.29, 0.717) is 5.02 Å². The summed E-state index contributed by atoms with van der Waals surface area (Å²) < 4.78 is 56.0. The van der Waals surface area contributed by atoms with E-state index in [4.69, 9.17) is 32.8 Å². The minimum absolute atomic E-state index is 0.114. The minimum atomic E-state index is -3.17. The zero-order valence-corrected chi connectivity index (χ0v) is 10.8. The summed E-state index contributed by atoms with van der Waals surface area (Å²) >= 11 is 12.0. The van der Waals surface area contributed by atoms with Crippen molar-refractivity contribution in [2.45, 2.75) is 32.1 Å². The van der Waals surface area contributed by atoms with E-state index in [2.05, 4.69) is 10.1 Å². The van der Waals surface area contributed by atoms with Crippen LogP contribution in [0.5, 0.6) is 0 Å². The molecule has 0 saturated heterocycles. The van der Waals surface area contributed by atoms with E-state index in [-0.39, 0.29) is 17.1 Å². The number of rotatable bonds is 5. The third-order valence-electron chi connectivity index (χ3n) is 2.42. The molecule has 1 aromatic carbocycles. The Bertz CT molecular complexity index is 732. The molecule has 0 radical (unpaired) electrons. The van der Waals surface area contributed by atoms with Crippen LogP contribution in [0.1, 0.15) is 40.7 Å². The van der Waals surface area contributed by atoms with Gasteiger partial charge >= 0.3 is 0 Å². The van der Waals surface area contributed by atoms with Gasteiger partial charge in [0.05, 0.1) is 0 Å². The molecule has 0 amide bonds. The standard InChI is InChI=1S/C13H15Cl2N3/c1-2-3-10(7-18-9-16-8-17-18)12-5-4-11(14)6-13(12)15/h4-6,8-10H,2-3,7H2,1H3/i1D3,2D2,3D2. The highest BCUT2D eigenvalue weighted by Crippen LogP contribution is 2.31. The SMILES string of the molecule is [2H]C([2H])([2H])C([2H])([2H])C([2H])([2H])C(Cn1cncn1)c1ccc(Cl)cc1Cl. The summed E-state index contributed by atoms with van der Waals surface area (Å²) in [5.74, 6) is -1.24. The van der Waals surface area contributed by atoms with E-state index < -0.39 is 25.5 Å². The van der Waals surface area contributed by atoms with E-state index >= 15 is 0 Å². The molecular weight excluding hydrogens is 269 g/mol. The van der Waals surface area contributed by atoms with Crippen molar-refractivity contribution in [3.8, 4) is 0 Å². The third-order valence-corrected chi connectivity index (χ3v) is 2.98. The number of nitrogens with zero attached hydrogens (tertiary/aromatic N) is 3. The van der Waals surface area contributed by atoms with E-state index in [1.807, 2.05) is 0 Å². The van der Waals surface area contributed by atoms with Gasteiger partial charge in [0, 0.05) is 32.1 Å². The summed E-state index contributed by atoms with van der Waals surface area (Å²) in [5.41, 5.74) is 0.236. The van der Waals surface area contributed by atoms with Crippen molar-refractivity contribution in [1.82, 2.24) is 14.8 Å². The van der Waals surface area contributed by atoms with Crippen LogP contribution in [0.4, 0.5) is 0 Å². The van der Waals surface area contributed by atoms with E-state index in [1.165, 1.54) is 35.5 Å². The molecule has 2 aromatic rings. The lowest BCUT2D eigenvalue weighted by Crippen LogP contribution is -2.10. The van der Waals surface area contributed by atoms with Gasteiger partial charge in [0.15, 0.2) is 0 Å². The molecule has 0 aliphatic heterocycles. The molecule has 1 atom stereocenters. The van der Waals surface area contributed by atoms with Crippen LogP contribution in [0.2, 0.25) is 10.0 Å². The number of hydrogen-bond acceptors (Lipinski definition) is 2. The summed E-state index contributed by atoms with van der Waals surface area (Å²) in [6, 6.07) is 4.34. The topological polar surface area (TPSA) is 30.7 Å². The zero-order valence-electron chi connectivity index (χ0n) is 16.3. The predicted molar refractivity (Wildman–Crippen MR) is 74.1 cm³/mol. The molecule has 0 bridgehead atoms. The van der Waals surface area contributed by atoms with Crippen molar-refractivity contribution >= 4 is 23.2 Å². The Kier molecular flexibility index (Phi) is 2.39. The van der Waals surface area contributed by atoms with Gasteiger partial charge in [-0.25, -0.2) is 4.98 Å². The summed E-state index contributed by atoms with van der Waals surface area (Å²) in [7, 11) is 0. The number of halogens is 2. The Hall–Kier alpha value is -1.06. The monoisotopic (exact) mass is 290 g/mol. The van der Waals surface area contributed by atoms with Crippen LogP contribution < -0.4 is 0 Å². The lowest BCUT2D eigenvalue weighted by molar-refractivity contribution is 0.484. The van der Waals surface area contributed by atoms with Crippen LogP contribution in [0.15, 0.2) is 30.9 Å². The minimum Gasteiger partial charge on any atom is -0.252 e. The van der Waals surface area contributed by atoms with Crippen LogP contribution in [-0.2, 0) is 6.54 Å². The second-order valence-corrected chi connectivity index (χ2v) is 4.45. The molecule has 5 heteroatoms. The van der Waals surface area contributed by atoms with Gasteiger partial charge < -0.3 is 0 Å². The first-order chi connectivity index (χ1) is 11.4. The van der Waals surface area contributed by atoms with Crippen LogP contribution in [0.3, 0.4) is 0 Å². The molecule has 1 unspecified atom stereocenters. The van der Waals surface area contributed by atoms with Gasteiger partial charge in [-0.2, -0.15) is 5.10 Å². The van der Waals surface area contributed by atoms with Crippen LogP contribution in [0.25, 0.3) is 0 Å². The summed E-state index contributed by atoms with van der Waals surface area (Å²) in [6.45, 7) is -3.32. The summed E-state index contributed by atoms with van der Waals surface area (Å²) in [6.07, 6.45) is -3.35. The van der Waals surface area contributed by atoms with E-state index in [9.17, 15) is 0 Å². The Balaban J connectivity index is 2.58. The van der Waals surface area contributed by atoms with Crippen molar-refractivity contribution in [3.05, 3.63) is 46.5 Å². The molecule has 0 aliphatic rings. The number of aromatic nitrogens is 3. The second-order valence-electron chi connectivity index (χ2n) is 3.61. The number of benzene rings is 1. The molecule has 2 rings (SSSR count). The van der Waals surface area contributed by atoms with Gasteiger partial charge in [0.25, 0.3) is 0 Å². The van der Waals surface area contributed by atoms with Gasteiger partial charge in [0.1, 0.15) is 12.7 Å². The Morgan fingerprint density at radius 2 is 2.39 bits per heavy atom. The smallest absolute Gasteiger partial charge is 0.137 e. The molecule has 1 heterocycles. The lowest BCUT2D eigenvalue weighted by Gasteiger charge is -2.18. The van der Waals surface area contributed by atoms with E-state index in [0.717, 1.165) is 0 Å². The molecule has 96 valence electrons. The van der Waals surface area contributed by atoms with Crippen LogP contribution >= 0.6 is 23.2 Å². The number of hydrogen-bond donors (Lipinski definition) is 0. The maximum absolute atomic E-state index is 8.31. The fraction of sp³-hybridized carbons (Fsp3) is 0.385. The summed E-state index contributed by atoms with van der Waals surface area (Å²) in [5, 5.41) is 4.33. The van der Waals surface area contributed by atoms with Crippen molar-refractivity contribution in [2.75, 3.05) is 0 Å². The molecule has 0 saturated carbocycles. The van der Waals surface area contributed by atoms with Crippen molar-refractivity contribution in [3.63, 3.8) is 0 Å². The largest absolute Gasteiger partial charge is 0.252 e.